The Bertz CT molecular complexity index is 845. The second kappa shape index (κ2) is 8.31. The van der Waals surface area contributed by atoms with Gasteiger partial charge in [0, 0.05) is 38.3 Å². The minimum absolute atomic E-state index is 0.139. The lowest BCUT2D eigenvalue weighted by Gasteiger charge is -2.36. The van der Waals surface area contributed by atoms with Crippen molar-refractivity contribution in [1.82, 2.24) is 4.90 Å². The lowest BCUT2D eigenvalue weighted by Crippen LogP contribution is -2.46. The molecular formula is C21H23FN2O3. The molecule has 142 valence electrons. The van der Waals surface area contributed by atoms with Crippen LogP contribution >= 0.6 is 0 Å². The molecule has 1 saturated heterocycles. The van der Waals surface area contributed by atoms with Gasteiger partial charge in [-0.1, -0.05) is 12.1 Å². The third kappa shape index (κ3) is 4.52. The predicted octanol–water partition coefficient (Wildman–Crippen LogP) is 3.14. The van der Waals surface area contributed by atoms with Crippen molar-refractivity contribution < 1.29 is 18.7 Å². The van der Waals surface area contributed by atoms with Crippen molar-refractivity contribution in [3.05, 3.63) is 65.0 Å². The number of nitrogens with zero attached hydrogens (tertiary/aromatic N) is 2. The van der Waals surface area contributed by atoms with Gasteiger partial charge >= 0.3 is 5.97 Å². The molecule has 0 N–H and O–H groups in total. The zero-order valence-corrected chi connectivity index (χ0v) is 15.6. The Morgan fingerprint density at radius 1 is 1.04 bits per heavy atom. The first-order valence-corrected chi connectivity index (χ1v) is 8.93. The van der Waals surface area contributed by atoms with Crippen LogP contribution in [0.15, 0.2) is 42.5 Å². The first-order chi connectivity index (χ1) is 13.0. The van der Waals surface area contributed by atoms with Gasteiger partial charge in [-0.15, -0.1) is 0 Å². The summed E-state index contributed by atoms with van der Waals surface area (Å²) < 4.78 is 19.1. The van der Waals surface area contributed by atoms with Crippen LogP contribution < -0.4 is 4.90 Å². The molecule has 1 heterocycles. The van der Waals surface area contributed by atoms with E-state index in [4.69, 9.17) is 4.74 Å². The Labute approximate surface area is 158 Å². The largest absolute Gasteiger partial charge is 0.465 e. The fourth-order valence-electron chi connectivity index (χ4n) is 3.30. The highest BCUT2D eigenvalue weighted by atomic mass is 19.1. The molecule has 3 rings (SSSR count). The number of rotatable bonds is 5. The van der Waals surface area contributed by atoms with Crippen LogP contribution in [0.25, 0.3) is 0 Å². The monoisotopic (exact) mass is 370 g/mol. The standard InChI is InChI=1S/C21H23FN2O3/c1-15(25)17-6-7-20(19(22)13-17)24-10-8-23(9-11-24)14-16-4-3-5-18(12-16)21(26)27-2/h3-7,12-13H,8-11,14H2,1-2H3. The molecule has 0 aromatic heterocycles. The number of halogens is 1. The molecule has 0 atom stereocenters. The fraction of sp³-hybridized carbons (Fsp3) is 0.333. The summed E-state index contributed by atoms with van der Waals surface area (Å²) in [5.74, 6) is -0.840. The van der Waals surface area contributed by atoms with Crippen LogP contribution in [0.2, 0.25) is 0 Å². The number of Topliss-reactive ketones (excluding diaryl/α,β-unsaturated/α-hetero) is 1. The van der Waals surface area contributed by atoms with Crippen LogP contribution in [0.4, 0.5) is 10.1 Å². The minimum Gasteiger partial charge on any atom is -0.465 e. The predicted molar refractivity (Wildman–Crippen MR) is 102 cm³/mol. The van der Waals surface area contributed by atoms with Crippen molar-refractivity contribution in [2.24, 2.45) is 0 Å². The molecule has 0 unspecified atom stereocenters. The van der Waals surface area contributed by atoms with Crippen molar-refractivity contribution in [1.29, 1.82) is 0 Å². The number of ketones is 1. The lowest BCUT2D eigenvalue weighted by molar-refractivity contribution is 0.0600. The van der Waals surface area contributed by atoms with Crippen LogP contribution in [-0.2, 0) is 11.3 Å². The van der Waals surface area contributed by atoms with Crippen molar-refractivity contribution in [3.63, 3.8) is 0 Å². The zero-order chi connectivity index (χ0) is 19.4. The topological polar surface area (TPSA) is 49.9 Å². The molecule has 0 bridgehead atoms. The summed E-state index contributed by atoms with van der Waals surface area (Å²) >= 11 is 0. The molecule has 0 radical (unpaired) electrons. The Morgan fingerprint density at radius 2 is 1.78 bits per heavy atom. The molecule has 27 heavy (non-hydrogen) atoms. The fourth-order valence-corrected chi connectivity index (χ4v) is 3.30. The van der Waals surface area contributed by atoms with Gasteiger partial charge in [-0.25, -0.2) is 9.18 Å². The van der Waals surface area contributed by atoms with Crippen LogP contribution in [0.3, 0.4) is 0 Å². The molecule has 0 aliphatic carbocycles. The number of esters is 1. The van der Waals surface area contributed by atoms with E-state index in [0.29, 0.717) is 29.9 Å². The summed E-state index contributed by atoms with van der Waals surface area (Å²) in [7, 11) is 1.37. The van der Waals surface area contributed by atoms with Gasteiger partial charge in [0.05, 0.1) is 18.4 Å². The van der Waals surface area contributed by atoms with E-state index < -0.39 is 0 Å². The van der Waals surface area contributed by atoms with Gasteiger partial charge in [0.15, 0.2) is 5.78 Å². The van der Waals surface area contributed by atoms with Crippen molar-refractivity contribution in [3.8, 4) is 0 Å². The number of methoxy groups -OCH3 is 1. The maximum absolute atomic E-state index is 14.3. The number of ether oxygens (including phenoxy) is 1. The third-order valence-corrected chi connectivity index (χ3v) is 4.82. The molecule has 2 aromatic carbocycles. The smallest absolute Gasteiger partial charge is 0.337 e. The van der Waals surface area contributed by atoms with Crippen LogP contribution in [0.5, 0.6) is 0 Å². The molecule has 1 aliphatic heterocycles. The van der Waals surface area contributed by atoms with E-state index in [-0.39, 0.29) is 17.6 Å². The summed E-state index contributed by atoms with van der Waals surface area (Å²) in [5.41, 5.74) is 2.51. The van der Waals surface area contributed by atoms with Gasteiger partial charge in [-0.05, 0) is 42.8 Å². The molecule has 1 fully saturated rings. The molecule has 2 aromatic rings. The van der Waals surface area contributed by atoms with E-state index in [1.165, 1.54) is 20.1 Å². The van der Waals surface area contributed by atoms with E-state index in [1.54, 1.807) is 18.2 Å². The molecule has 0 amide bonds. The van der Waals surface area contributed by atoms with Gasteiger partial charge in [0.1, 0.15) is 5.82 Å². The Balaban J connectivity index is 1.61. The third-order valence-electron chi connectivity index (χ3n) is 4.82. The van der Waals surface area contributed by atoms with Crippen LogP contribution in [-0.4, -0.2) is 49.9 Å². The highest BCUT2D eigenvalue weighted by Gasteiger charge is 2.20. The number of carbonyl (C=O) groups is 2. The quantitative estimate of drug-likeness (QED) is 0.598. The first-order valence-electron chi connectivity index (χ1n) is 8.93. The highest BCUT2D eigenvalue weighted by Crippen LogP contribution is 2.23. The maximum Gasteiger partial charge on any atom is 0.337 e. The normalized spacial score (nSPS) is 14.9. The van der Waals surface area contributed by atoms with Crippen molar-refractivity contribution >= 4 is 17.4 Å². The van der Waals surface area contributed by atoms with Crippen LogP contribution in [0.1, 0.15) is 33.2 Å². The van der Waals surface area contributed by atoms with E-state index in [9.17, 15) is 14.0 Å². The number of anilines is 1. The molecule has 1 aliphatic rings. The molecule has 5 nitrogen and oxygen atoms in total. The summed E-state index contributed by atoms with van der Waals surface area (Å²) in [4.78, 5) is 27.3. The summed E-state index contributed by atoms with van der Waals surface area (Å²) in [6, 6.07) is 12.1. The SMILES string of the molecule is COC(=O)c1cccc(CN2CCN(c3ccc(C(C)=O)cc3F)CC2)c1. The van der Waals surface area contributed by atoms with E-state index in [0.717, 1.165) is 25.2 Å². The van der Waals surface area contributed by atoms with Crippen LogP contribution in [0, 0.1) is 5.82 Å². The maximum atomic E-state index is 14.3. The summed E-state index contributed by atoms with van der Waals surface area (Å²) in [5, 5.41) is 0. The Hall–Kier alpha value is -2.73. The zero-order valence-electron chi connectivity index (χ0n) is 15.6. The van der Waals surface area contributed by atoms with E-state index in [1.807, 2.05) is 23.1 Å². The van der Waals surface area contributed by atoms with Gasteiger partial charge in [-0.2, -0.15) is 0 Å². The number of piperazine rings is 1. The first kappa shape index (κ1) is 19.0. The summed E-state index contributed by atoms with van der Waals surface area (Å²) in [6.07, 6.45) is 0. The van der Waals surface area contributed by atoms with E-state index >= 15 is 0 Å². The number of benzene rings is 2. The Kier molecular flexibility index (Phi) is 5.86. The van der Waals surface area contributed by atoms with Gasteiger partial charge in [0.25, 0.3) is 0 Å². The van der Waals surface area contributed by atoms with Gasteiger partial charge < -0.3 is 9.64 Å². The molecule has 0 spiro atoms. The average molecular weight is 370 g/mol. The van der Waals surface area contributed by atoms with E-state index in [2.05, 4.69) is 4.90 Å². The number of hydrogen-bond donors (Lipinski definition) is 0. The number of hydrogen-bond acceptors (Lipinski definition) is 5. The minimum atomic E-state index is -0.359. The van der Waals surface area contributed by atoms with Crippen molar-refractivity contribution in [2.75, 3.05) is 38.2 Å². The van der Waals surface area contributed by atoms with Gasteiger partial charge in [0.2, 0.25) is 0 Å². The number of carbonyl (C=O) groups excluding carboxylic acids is 2. The summed E-state index contributed by atoms with van der Waals surface area (Å²) in [6.45, 7) is 5.14. The second-order valence-corrected chi connectivity index (χ2v) is 6.68. The Morgan fingerprint density at radius 3 is 2.41 bits per heavy atom. The average Bonchev–Trinajstić information content (AvgIpc) is 2.68. The highest BCUT2D eigenvalue weighted by molar-refractivity contribution is 5.94. The molecule has 6 heteroatoms. The van der Waals surface area contributed by atoms with Crippen molar-refractivity contribution in [2.45, 2.75) is 13.5 Å². The lowest BCUT2D eigenvalue weighted by atomic mass is 10.1. The van der Waals surface area contributed by atoms with Gasteiger partial charge in [-0.3, -0.25) is 9.69 Å². The molecule has 0 saturated carbocycles. The second-order valence-electron chi connectivity index (χ2n) is 6.68. The molecular weight excluding hydrogens is 347 g/mol.